The molecule has 1 amide bonds. The van der Waals surface area contributed by atoms with E-state index in [0.29, 0.717) is 15.4 Å². The summed E-state index contributed by atoms with van der Waals surface area (Å²) < 4.78 is 0. The van der Waals surface area contributed by atoms with Crippen LogP contribution in [0.3, 0.4) is 0 Å². The Labute approximate surface area is 126 Å². The van der Waals surface area contributed by atoms with E-state index in [-0.39, 0.29) is 11.9 Å². The van der Waals surface area contributed by atoms with Crippen molar-refractivity contribution in [1.29, 1.82) is 0 Å². The molecule has 108 valence electrons. The Balaban J connectivity index is 2.33. The Bertz CT molecular complexity index is 613. The number of aromatic nitrogens is 2. The summed E-state index contributed by atoms with van der Waals surface area (Å²) in [7, 11) is 1.84. The van der Waals surface area contributed by atoms with Crippen LogP contribution in [0.15, 0.2) is 12.3 Å². The molecule has 20 heavy (non-hydrogen) atoms. The zero-order chi connectivity index (χ0) is 14.7. The number of fused-ring (bicyclic) bond motifs is 1. The van der Waals surface area contributed by atoms with Gasteiger partial charge in [-0.1, -0.05) is 6.92 Å². The number of nitrogen functional groups attached to an aromatic ring is 1. The molecule has 0 spiro atoms. The number of anilines is 1. The van der Waals surface area contributed by atoms with E-state index < -0.39 is 0 Å². The standard InChI is InChI=1S/C13H18N4OS2/c1-4-8(7-19-3)17(2)13(18)11-10(14)9-5-6-15-16-12(9)20-11/h5-6,8H,4,7,14H2,1-3H3. The van der Waals surface area contributed by atoms with Gasteiger partial charge in [0.25, 0.3) is 5.91 Å². The topological polar surface area (TPSA) is 72.1 Å². The predicted octanol–water partition coefficient (Wildman–Crippen LogP) is 2.49. The number of nitrogens with zero attached hydrogens (tertiary/aromatic N) is 3. The molecule has 2 rings (SSSR count). The molecule has 0 radical (unpaired) electrons. The first-order valence-corrected chi connectivity index (χ1v) is 8.56. The van der Waals surface area contributed by atoms with E-state index in [4.69, 9.17) is 5.73 Å². The molecule has 0 aliphatic carbocycles. The number of hydrogen-bond donors (Lipinski definition) is 1. The third kappa shape index (κ3) is 2.73. The average molecular weight is 310 g/mol. The van der Waals surface area contributed by atoms with Gasteiger partial charge in [0.05, 0.1) is 11.9 Å². The third-order valence-corrected chi connectivity index (χ3v) is 5.12. The first kappa shape index (κ1) is 15.1. The smallest absolute Gasteiger partial charge is 0.266 e. The van der Waals surface area contributed by atoms with Crippen molar-refractivity contribution in [1.82, 2.24) is 15.1 Å². The van der Waals surface area contributed by atoms with Crippen molar-refractivity contribution in [3.8, 4) is 0 Å². The fourth-order valence-corrected chi connectivity index (χ4v) is 3.92. The lowest BCUT2D eigenvalue weighted by atomic mass is 10.2. The van der Waals surface area contributed by atoms with Crippen molar-refractivity contribution in [3.63, 3.8) is 0 Å². The summed E-state index contributed by atoms with van der Waals surface area (Å²) in [6.07, 6.45) is 4.56. The molecule has 0 saturated heterocycles. The quantitative estimate of drug-likeness (QED) is 0.918. The lowest BCUT2D eigenvalue weighted by molar-refractivity contribution is 0.0749. The number of hydrogen-bond acceptors (Lipinski definition) is 6. The molecule has 2 aromatic rings. The van der Waals surface area contributed by atoms with Gasteiger partial charge < -0.3 is 10.6 Å². The minimum atomic E-state index is -0.0357. The highest BCUT2D eigenvalue weighted by molar-refractivity contribution is 7.98. The zero-order valence-corrected chi connectivity index (χ0v) is 13.4. The number of amides is 1. The monoisotopic (exact) mass is 310 g/mol. The van der Waals surface area contributed by atoms with Crippen molar-refractivity contribution >= 4 is 44.9 Å². The van der Waals surface area contributed by atoms with Crippen molar-refractivity contribution in [3.05, 3.63) is 17.1 Å². The molecule has 7 heteroatoms. The number of thiophene rings is 1. The molecular weight excluding hydrogens is 292 g/mol. The molecule has 1 atom stereocenters. The Morgan fingerprint density at radius 2 is 2.35 bits per heavy atom. The Hall–Kier alpha value is -1.34. The zero-order valence-electron chi connectivity index (χ0n) is 11.8. The molecule has 1 unspecified atom stereocenters. The van der Waals surface area contributed by atoms with Crippen LogP contribution in [0.5, 0.6) is 0 Å². The highest BCUT2D eigenvalue weighted by atomic mass is 32.2. The second-order valence-corrected chi connectivity index (χ2v) is 6.44. The van der Waals surface area contributed by atoms with Gasteiger partial charge in [0.2, 0.25) is 0 Å². The maximum atomic E-state index is 12.6. The van der Waals surface area contributed by atoms with Gasteiger partial charge in [-0.05, 0) is 18.7 Å². The number of nitrogens with two attached hydrogens (primary N) is 1. The first-order chi connectivity index (χ1) is 9.60. The van der Waals surface area contributed by atoms with E-state index in [2.05, 4.69) is 17.1 Å². The molecular formula is C13H18N4OS2. The summed E-state index contributed by atoms with van der Waals surface area (Å²) in [5.41, 5.74) is 6.59. The van der Waals surface area contributed by atoms with Crippen LogP contribution in [0.2, 0.25) is 0 Å². The van der Waals surface area contributed by atoms with Gasteiger partial charge in [-0.25, -0.2) is 0 Å². The molecule has 2 heterocycles. The fourth-order valence-electron chi connectivity index (χ4n) is 2.05. The van der Waals surface area contributed by atoms with Gasteiger partial charge >= 0.3 is 0 Å². The highest BCUT2D eigenvalue weighted by Gasteiger charge is 2.24. The van der Waals surface area contributed by atoms with Gasteiger partial charge in [-0.2, -0.15) is 16.9 Å². The lowest BCUT2D eigenvalue weighted by Gasteiger charge is -2.26. The van der Waals surface area contributed by atoms with E-state index in [1.807, 2.05) is 13.3 Å². The van der Waals surface area contributed by atoms with Crippen LogP contribution in [0, 0.1) is 0 Å². The number of carbonyl (C=O) groups is 1. The fraction of sp³-hybridized carbons (Fsp3) is 0.462. The predicted molar refractivity (Wildman–Crippen MR) is 86.4 cm³/mol. The molecule has 0 fully saturated rings. The summed E-state index contributed by atoms with van der Waals surface area (Å²) in [5, 5.41) is 8.65. The van der Waals surface area contributed by atoms with E-state index >= 15 is 0 Å². The summed E-state index contributed by atoms with van der Waals surface area (Å²) in [4.78, 5) is 15.7. The number of carbonyl (C=O) groups excluding carboxylic acids is 1. The van der Waals surface area contributed by atoms with Crippen LogP contribution in [-0.4, -0.2) is 46.1 Å². The van der Waals surface area contributed by atoms with E-state index in [1.54, 1.807) is 28.9 Å². The van der Waals surface area contributed by atoms with Crippen molar-refractivity contribution < 1.29 is 4.79 Å². The largest absolute Gasteiger partial charge is 0.397 e. The molecule has 5 nitrogen and oxygen atoms in total. The van der Waals surface area contributed by atoms with Gasteiger partial charge in [0.1, 0.15) is 9.71 Å². The van der Waals surface area contributed by atoms with Crippen LogP contribution < -0.4 is 5.73 Å². The first-order valence-electron chi connectivity index (χ1n) is 6.35. The summed E-state index contributed by atoms with van der Waals surface area (Å²) in [5.74, 6) is 0.884. The number of thioether (sulfide) groups is 1. The van der Waals surface area contributed by atoms with E-state index in [0.717, 1.165) is 17.6 Å². The SMILES string of the molecule is CCC(CSC)N(C)C(=O)c1sc2nnccc2c1N. The maximum Gasteiger partial charge on any atom is 0.266 e. The molecule has 0 bridgehead atoms. The summed E-state index contributed by atoms with van der Waals surface area (Å²) >= 11 is 3.05. The normalized spacial score (nSPS) is 12.6. The molecule has 0 aliphatic rings. The van der Waals surface area contributed by atoms with Crippen molar-refractivity contribution in [2.45, 2.75) is 19.4 Å². The van der Waals surface area contributed by atoms with Crippen LogP contribution in [0.25, 0.3) is 10.2 Å². The van der Waals surface area contributed by atoms with Gasteiger partial charge in [-0.3, -0.25) is 4.79 Å². The van der Waals surface area contributed by atoms with Gasteiger partial charge in [0, 0.05) is 24.2 Å². The second kappa shape index (κ2) is 6.41. The van der Waals surface area contributed by atoms with E-state index in [9.17, 15) is 4.79 Å². The van der Waals surface area contributed by atoms with Crippen LogP contribution in [-0.2, 0) is 0 Å². The second-order valence-electron chi connectivity index (χ2n) is 4.53. The third-order valence-electron chi connectivity index (χ3n) is 3.31. The average Bonchev–Trinajstić information content (AvgIpc) is 2.81. The molecule has 2 aromatic heterocycles. The molecule has 0 aliphatic heterocycles. The minimum absolute atomic E-state index is 0.0357. The van der Waals surface area contributed by atoms with Crippen LogP contribution in [0.4, 0.5) is 5.69 Å². The highest BCUT2D eigenvalue weighted by Crippen LogP contribution is 2.32. The Morgan fingerprint density at radius 3 is 2.95 bits per heavy atom. The molecule has 0 saturated carbocycles. The van der Waals surface area contributed by atoms with Gasteiger partial charge in [0.15, 0.2) is 0 Å². The van der Waals surface area contributed by atoms with Crippen molar-refractivity contribution in [2.24, 2.45) is 0 Å². The molecule has 2 N–H and O–H groups in total. The Morgan fingerprint density at radius 1 is 1.60 bits per heavy atom. The maximum absolute atomic E-state index is 12.6. The number of rotatable bonds is 5. The van der Waals surface area contributed by atoms with Crippen molar-refractivity contribution in [2.75, 3.05) is 24.8 Å². The Kier molecular flexibility index (Phi) is 4.82. The van der Waals surface area contributed by atoms with Gasteiger partial charge in [-0.15, -0.1) is 16.4 Å². The summed E-state index contributed by atoms with van der Waals surface area (Å²) in [6, 6.07) is 2.01. The lowest BCUT2D eigenvalue weighted by Crippen LogP contribution is -2.38. The molecule has 0 aromatic carbocycles. The van der Waals surface area contributed by atoms with Crippen LogP contribution >= 0.6 is 23.1 Å². The summed E-state index contributed by atoms with van der Waals surface area (Å²) in [6.45, 7) is 2.09. The minimum Gasteiger partial charge on any atom is -0.397 e. The van der Waals surface area contributed by atoms with E-state index in [1.165, 1.54) is 11.3 Å². The van der Waals surface area contributed by atoms with Crippen LogP contribution in [0.1, 0.15) is 23.0 Å².